The number of aromatic amines is 1. The van der Waals surface area contributed by atoms with E-state index >= 15 is 0 Å². The molecule has 0 spiro atoms. The molecule has 1 N–H and O–H groups in total. The monoisotopic (exact) mass is 565 g/mol. The van der Waals surface area contributed by atoms with E-state index in [1.165, 1.54) is 0 Å². The third-order valence-electron chi connectivity index (χ3n) is 6.66. The number of fused-ring (bicyclic) bond motifs is 1. The number of nitrogens with one attached hydrogen (secondary N) is 1. The highest BCUT2D eigenvalue weighted by Crippen LogP contribution is 2.37. The second-order valence-corrected chi connectivity index (χ2v) is 9.90. The number of carbonyl (C=O) groups excluding carboxylic acids is 2. The predicted molar refractivity (Wildman–Crippen MR) is 157 cm³/mol. The summed E-state index contributed by atoms with van der Waals surface area (Å²) in [5.74, 6) is -0.0667. The summed E-state index contributed by atoms with van der Waals surface area (Å²) in [7, 11) is 0. The van der Waals surface area contributed by atoms with Crippen molar-refractivity contribution >= 4 is 22.8 Å². The molecule has 42 heavy (non-hydrogen) atoms. The van der Waals surface area contributed by atoms with Crippen molar-refractivity contribution in [3.63, 3.8) is 0 Å². The molecule has 0 fully saturated rings. The molecule has 0 saturated heterocycles. The summed E-state index contributed by atoms with van der Waals surface area (Å²) in [6.45, 7) is 7.27. The zero-order valence-electron chi connectivity index (χ0n) is 23.8. The summed E-state index contributed by atoms with van der Waals surface area (Å²) >= 11 is 0. The highest BCUT2D eigenvalue weighted by Gasteiger charge is 2.28. The first-order valence-corrected chi connectivity index (χ1v) is 13.8. The Morgan fingerprint density at radius 3 is 2.26 bits per heavy atom. The normalized spacial score (nSPS) is 11.8. The number of nitrogens with zero attached hydrogens (tertiary/aromatic N) is 4. The van der Waals surface area contributed by atoms with Gasteiger partial charge in [-0.15, -0.1) is 10.2 Å². The van der Waals surface area contributed by atoms with Crippen LogP contribution in [0.3, 0.4) is 0 Å². The number of ether oxygens (including phenoxy) is 3. The van der Waals surface area contributed by atoms with E-state index in [9.17, 15) is 9.59 Å². The summed E-state index contributed by atoms with van der Waals surface area (Å²) in [6, 6.07) is 22.6. The second kappa shape index (κ2) is 12.6. The number of aryl methyl sites for hydroxylation is 1. The Hall–Kier alpha value is -5.12. The zero-order valence-corrected chi connectivity index (χ0v) is 23.8. The standard InChI is InChI=1S/C32H31N5O5/c1-5-25-29(40-21-17-15-20(16-18-21)22-11-7-8-12-23(22)30-34-36-37-35-30)28(24-13-9-10-14-26(24)33-25)31(39)42-32(19(3)4)41-27(38)6-2/h7-19,32H,5-6H2,1-4H3,(H,34,35,36,37). The summed E-state index contributed by atoms with van der Waals surface area (Å²) in [5, 5.41) is 15.0. The van der Waals surface area contributed by atoms with Crippen molar-refractivity contribution in [2.45, 2.75) is 46.8 Å². The van der Waals surface area contributed by atoms with Crippen molar-refractivity contribution in [3.8, 4) is 34.0 Å². The van der Waals surface area contributed by atoms with Gasteiger partial charge in [0.05, 0.1) is 11.2 Å². The molecule has 0 aliphatic carbocycles. The predicted octanol–water partition coefficient (Wildman–Crippen LogP) is 6.53. The van der Waals surface area contributed by atoms with Gasteiger partial charge < -0.3 is 14.2 Å². The van der Waals surface area contributed by atoms with Crippen LogP contribution in [0.4, 0.5) is 0 Å². The highest BCUT2D eigenvalue weighted by atomic mass is 16.7. The van der Waals surface area contributed by atoms with Crippen LogP contribution in [0.1, 0.15) is 50.2 Å². The minimum absolute atomic E-state index is 0.170. The molecule has 214 valence electrons. The molecule has 2 aromatic heterocycles. The quantitative estimate of drug-likeness (QED) is 0.148. The third-order valence-corrected chi connectivity index (χ3v) is 6.66. The first-order chi connectivity index (χ1) is 20.4. The SMILES string of the molecule is CCC(=O)OC(OC(=O)c1c(Oc2ccc(-c3ccccc3-c3nn[nH]n3)cc2)c(CC)nc2ccccc12)C(C)C. The summed E-state index contributed by atoms with van der Waals surface area (Å²) in [4.78, 5) is 30.6. The van der Waals surface area contributed by atoms with Crippen molar-refractivity contribution in [1.82, 2.24) is 25.6 Å². The molecule has 0 amide bonds. The lowest BCUT2D eigenvalue weighted by atomic mass is 9.99. The van der Waals surface area contributed by atoms with Gasteiger partial charge in [0.15, 0.2) is 5.75 Å². The minimum Gasteiger partial charge on any atom is -0.455 e. The maximum absolute atomic E-state index is 13.8. The van der Waals surface area contributed by atoms with Crippen LogP contribution in [0.5, 0.6) is 11.5 Å². The molecule has 0 radical (unpaired) electrons. The number of para-hydroxylation sites is 1. The van der Waals surface area contributed by atoms with Gasteiger partial charge in [0.25, 0.3) is 0 Å². The van der Waals surface area contributed by atoms with E-state index in [1.807, 2.05) is 87.5 Å². The molecule has 0 saturated carbocycles. The van der Waals surface area contributed by atoms with Crippen LogP contribution in [-0.2, 0) is 20.7 Å². The fourth-order valence-electron chi connectivity index (χ4n) is 4.50. The number of benzene rings is 3. The summed E-state index contributed by atoms with van der Waals surface area (Å²) in [5.41, 5.74) is 4.14. The minimum atomic E-state index is -1.05. The van der Waals surface area contributed by atoms with Crippen LogP contribution in [0.25, 0.3) is 33.4 Å². The lowest BCUT2D eigenvalue weighted by molar-refractivity contribution is -0.175. The van der Waals surface area contributed by atoms with Gasteiger partial charge in [0, 0.05) is 23.3 Å². The molecule has 5 aromatic rings. The van der Waals surface area contributed by atoms with Crippen molar-refractivity contribution in [2.75, 3.05) is 0 Å². The molecule has 1 unspecified atom stereocenters. The van der Waals surface area contributed by atoms with E-state index in [1.54, 1.807) is 13.0 Å². The number of pyridine rings is 1. The first-order valence-electron chi connectivity index (χ1n) is 13.8. The second-order valence-electron chi connectivity index (χ2n) is 9.90. The highest BCUT2D eigenvalue weighted by molar-refractivity contribution is 6.06. The van der Waals surface area contributed by atoms with Crippen LogP contribution in [0, 0.1) is 5.92 Å². The first kappa shape index (κ1) is 28.4. The smallest absolute Gasteiger partial charge is 0.345 e. The van der Waals surface area contributed by atoms with Crippen molar-refractivity contribution in [1.29, 1.82) is 0 Å². The van der Waals surface area contributed by atoms with E-state index in [4.69, 9.17) is 19.2 Å². The molecule has 5 rings (SSSR count). The molecular weight excluding hydrogens is 534 g/mol. The fourth-order valence-corrected chi connectivity index (χ4v) is 4.50. The van der Waals surface area contributed by atoms with Crippen LogP contribution < -0.4 is 4.74 Å². The van der Waals surface area contributed by atoms with Gasteiger partial charge in [0.1, 0.15) is 11.3 Å². The zero-order chi connectivity index (χ0) is 29.6. The number of tetrazole rings is 1. The molecule has 10 nitrogen and oxygen atoms in total. The number of aromatic nitrogens is 5. The molecule has 3 aromatic carbocycles. The molecular formula is C32H31N5O5. The topological polar surface area (TPSA) is 129 Å². The number of H-pyrrole nitrogens is 1. The maximum Gasteiger partial charge on any atom is 0.345 e. The lowest BCUT2D eigenvalue weighted by Gasteiger charge is -2.23. The Balaban J connectivity index is 1.52. The average Bonchev–Trinajstić information content (AvgIpc) is 3.55. The molecule has 1 atom stereocenters. The Morgan fingerprint density at radius 2 is 1.60 bits per heavy atom. The van der Waals surface area contributed by atoms with Crippen LogP contribution in [-0.4, -0.2) is 43.8 Å². The van der Waals surface area contributed by atoms with Crippen LogP contribution >= 0.6 is 0 Å². The molecule has 0 aliphatic heterocycles. The van der Waals surface area contributed by atoms with E-state index in [0.717, 1.165) is 16.7 Å². The van der Waals surface area contributed by atoms with E-state index in [2.05, 4.69) is 20.6 Å². The average molecular weight is 566 g/mol. The maximum atomic E-state index is 13.8. The van der Waals surface area contributed by atoms with Gasteiger partial charge >= 0.3 is 11.9 Å². The molecule has 10 heteroatoms. The van der Waals surface area contributed by atoms with Gasteiger partial charge in [-0.2, -0.15) is 5.21 Å². The molecule has 0 bridgehead atoms. The molecule has 0 aliphatic rings. The van der Waals surface area contributed by atoms with Crippen LogP contribution in [0.15, 0.2) is 72.8 Å². The van der Waals surface area contributed by atoms with E-state index in [0.29, 0.717) is 40.3 Å². The lowest BCUT2D eigenvalue weighted by Crippen LogP contribution is -2.29. The van der Waals surface area contributed by atoms with Gasteiger partial charge in [-0.05, 0) is 41.0 Å². The van der Waals surface area contributed by atoms with Crippen LogP contribution in [0.2, 0.25) is 0 Å². The van der Waals surface area contributed by atoms with Gasteiger partial charge in [-0.1, -0.05) is 82.3 Å². The Bertz CT molecular complexity index is 1700. The van der Waals surface area contributed by atoms with E-state index in [-0.39, 0.29) is 17.9 Å². The summed E-state index contributed by atoms with van der Waals surface area (Å²) in [6.07, 6.45) is -0.369. The Morgan fingerprint density at radius 1 is 0.881 bits per heavy atom. The number of hydrogen-bond acceptors (Lipinski definition) is 9. The number of carbonyl (C=O) groups is 2. The van der Waals surface area contributed by atoms with Crippen molar-refractivity contribution in [3.05, 3.63) is 84.1 Å². The summed E-state index contributed by atoms with van der Waals surface area (Å²) < 4.78 is 17.6. The van der Waals surface area contributed by atoms with E-state index < -0.39 is 18.2 Å². The van der Waals surface area contributed by atoms with Gasteiger partial charge in [-0.3, -0.25) is 4.79 Å². The number of esters is 2. The van der Waals surface area contributed by atoms with Gasteiger partial charge in [-0.25, -0.2) is 9.78 Å². The number of rotatable bonds is 10. The Labute approximate surface area is 243 Å². The molecule has 2 heterocycles. The third kappa shape index (κ3) is 5.97. The van der Waals surface area contributed by atoms with Crippen molar-refractivity contribution < 1.29 is 23.8 Å². The number of hydrogen-bond donors (Lipinski definition) is 1. The van der Waals surface area contributed by atoms with Gasteiger partial charge in [0.2, 0.25) is 12.1 Å². The Kier molecular flexibility index (Phi) is 8.52. The fraction of sp³-hybridized carbons (Fsp3) is 0.250. The van der Waals surface area contributed by atoms with Crippen molar-refractivity contribution in [2.24, 2.45) is 5.92 Å². The largest absolute Gasteiger partial charge is 0.455 e.